The summed E-state index contributed by atoms with van der Waals surface area (Å²) in [6.45, 7) is 4.10. The lowest BCUT2D eigenvalue weighted by Crippen LogP contribution is -2.30. The lowest BCUT2D eigenvalue weighted by atomic mass is 10.1. The molecule has 104 valence electrons. The van der Waals surface area contributed by atoms with E-state index in [0.29, 0.717) is 17.9 Å². The van der Waals surface area contributed by atoms with Gasteiger partial charge in [0.1, 0.15) is 0 Å². The molecule has 1 heterocycles. The summed E-state index contributed by atoms with van der Waals surface area (Å²) >= 11 is 0. The SMILES string of the molecule is CCc1ccccc1S(=O)(=O)NCC1=CCNCC1. The zero-order valence-corrected chi connectivity index (χ0v) is 12.0. The van der Waals surface area contributed by atoms with Crippen LogP contribution in [0.25, 0.3) is 0 Å². The van der Waals surface area contributed by atoms with Gasteiger partial charge in [-0.2, -0.15) is 0 Å². The number of benzene rings is 1. The standard InChI is InChI=1S/C14H20N2O2S/c1-2-13-5-3-4-6-14(13)19(17,18)16-11-12-7-9-15-10-8-12/h3-7,15-16H,2,8-11H2,1H3. The number of nitrogens with one attached hydrogen (secondary N) is 2. The van der Waals surface area contributed by atoms with E-state index < -0.39 is 10.0 Å². The van der Waals surface area contributed by atoms with E-state index in [0.717, 1.165) is 30.6 Å². The molecule has 0 amide bonds. The Hall–Kier alpha value is -1.17. The highest BCUT2D eigenvalue weighted by Crippen LogP contribution is 2.16. The summed E-state index contributed by atoms with van der Waals surface area (Å²) in [5.41, 5.74) is 2.01. The molecule has 5 heteroatoms. The quantitative estimate of drug-likeness (QED) is 0.803. The van der Waals surface area contributed by atoms with E-state index in [1.165, 1.54) is 0 Å². The van der Waals surface area contributed by atoms with Crippen LogP contribution in [0.4, 0.5) is 0 Å². The molecule has 1 aliphatic rings. The van der Waals surface area contributed by atoms with Crippen molar-refractivity contribution in [3.8, 4) is 0 Å². The molecule has 0 saturated heterocycles. The van der Waals surface area contributed by atoms with Gasteiger partial charge >= 0.3 is 0 Å². The molecule has 0 spiro atoms. The summed E-state index contributed by atoms with van der Waals surface area (Å²) in [7, 11) is -3.41. The van der Waals surface area contributed by atoms with E-state index >= 15 is 0 Å². The van der Waals surface area contributed by atoms with Crippen LogP contribution in [0.2, 0.25) is 0 Å². The molecule has 0 aromatic heterocycles. The Morgan fingerprint density at radius 3 is 2.79 bits per heavy atom. The Morgan fingerprint density at radius 2 is 2.11 bits per heavy atom. The molecule has 0 fully saturated rings. The first-order valence-electron chi connectivity index (χ1n) is 6.59. The van der Waals surface area contributed by atoms with Gasteiger partial charge < -0.3 is 5.32 Å². The topological polar surface area (TPSA) is 58.2 Å². The van der Waals surface area contributed by atoms with Crippen LogP contribution >= 0.6 is 0 Å². The Kier molecular flexibility index (Phi) is 4.74. The third kappa shape index (κ3) is 3.65. The summed E-state index contributed by atoms with van der Waals surface area (Å²) in [6, 6.07) is 7.15. The van der Waals surface area contributed by atoms with Gasteiger partial charge in [0, 0.05) is 13.1 Å². The van der Waals surface area contributed by atoms with Crippen molar-refractivity contribution < 1.29 is 8.42 Å². The van der Waals surface area contributed by atoms with Gasteiger partial charge in [0.2, 0.25) is 10.0 Å². The first-order chi connectivity index (χ1) is 9.13. The highest BCUT2D eigenvalue weighted by atomic mass is 32.2. The van der Waals surface area contributed by atoms with Gasteiger partial charge in [0.05, 0.1) is 4.90 Å². The third-order valence-corrected chi connectivity index (χ3v) is 4.79. The molecule has 4 nitrogen and oxygen atoms in total. The maximum absolute atomic E-state index is 12.3. The molecule has 2 rings (SSSR count). The fourth-order valence-corrected chi connectivity index (χ4v) is 3.50. The Balaban J connectivity index is 2.11. The van der Waals surface area contributed by atoms with Crippen LogP contribution in [0.3, 0.4) is 0 Å². The zero-order chi connectivity index (χ0) is 13.7. The van der Waals surface area contributed by atoms with Crippen molar-refractivity contribution in [2.24, 2.45) is 0 Å². The average molecular weight is 280 g/mol. The van der Waals surface area contributed by atoms with Crippen LogP contribution < -0.4 is 10.0 Å². The van der Waals surface area contributed by atoms with E-state index in [-0.39, 0.29) is 0 Å². The Labute approximate surface area is 115 Å². The van der Waals surface area contributed by atoms with Crippen molar-refractivity contribution >= 4 is 10.0 Å². The molecular weight excluding hydrogens is 260 g/mol. The summed E-state index contributed by atoms with van der Waals surface area (Å²) in [5.74, 6) is 0. The van der Waals surface area contributed by atoms with E-state index in [2.05, 4.69) is 16.1 Å². The van der Waals surface area contributed by atoms with Crippen LogP contribution in [0.15, 0.2) is 40.8 Å². The molecule has 0 saturated carbocycles. The maximum atomic E-state index is 12.3. The van der Waals surface area contributed by atoms with Crippen molar-refractivity contribution in [1.82, 2.24) is 10.0 Å². The second-order valence-corrected chi connectivity index (χ2v) is 6.34. The summed E-state index contributed by atoms with van der Waals surface area (Å²) < 4.78 is 27.3. The molecule has 2 N–H and O–H groups in total. The summed E-state index contributed by atoms with van der Waals surface area (Å²) in [6.07, 6.45) is 3.67. The van der Waals surface area contributed by atoms with Gasteiger partial charge in [-0.3, -0.25) is 0 Å². The Morgan fingerprint density at radius 1 is 1.32 bits per heavy atom. The highest BCUT2D eigenvalue weighted by Gasteiger charge is 2.17. The zero-order valence-electron chi connectivity index (χ0n) is 11.1. The summed E-state index contributed by atoms with van der Waals surface area (Å²) in [4.78, 5) is 0.395. The normalized spacial score (nSPS) is 16.2. The lowest BCUT2D eigenvalue weighted by molar-refractivity contribution is 0.581. The molecule has 0 radical (unpaired) electrons. The average Bonchev–Trinajstić information content (AvgIpc) is 2.46. The van der Waals surface area contributed by atoms with Crippen LogP contribution in [-0.4, -0.2) is 28.1 Å². The summed E-state index contributed by atoms with van der Waals surface area (Å²) in [5, 5.41) is 3.21. The molecule has 19 heavy (non-hydrogen) atoms. The maximum Gasteiger partial charge on any atom is 0.241 e. The number of hydrogen-bond acceptors (Lipinski definition) is 3. The molecule has 0 bridgehead atoms. The molecular formula is C14H20N2O2S. The number of rotatable bonds is 5. The van der Waals surface area contributed by atoms with Crippen LogP contribution in [0, 0.1) is 0 Å². The monoisotopic (exact) mass is 280 g/mol. The van der Waals surface area contributed by atoms with Crippen LogP contribution in [0.1, 0.15) is 18.9 Å². The minimum Gasteiger partial charge on any atom is -0.313 e. The molecule has 1 aromatic rings. The van der Waals surface area contributed by atoms with Gasteiger partial charge in [-0.1, -0.05) is 36.8 Å². The van der Waals surface area contributed by atoms with Crippen molar-refractivity contribution in [3.05, 3.63) is 41.5 Å². The van der Waals surface area contributed by atoms with E-state index in [1.54, 1.807) is 12.1 Å². The molecule has 0 unspecified atom stereocenters. The van der Waals surface area contributed by atoms with Crippen LogP contribution in [0.5, 0.6) is 0 Å². The fourth-order valence-electron chi connectivity index (χ4n) is 2.15. The first kappa shape index (κ1) is 14.2. The fraction of sp³-hybridized carbons (Fsp3) is 0.429. The lowest BCUT2D eigenvalue weighted by Gasteiger charge is -2.15. The van der Waals surface area contributed by atoms with E-state index in [1.807, 2.05) is 19.1 Å². The predicted molar refractivity (Wildman–Crippen MR) is 76.6 cm³/mol. The van der Waals surface area contributed by atoms with Crippen LogP contribution in [-0.2, 0) is 16.4 Å². The minimum atomic E-state index is -3.41. The van der Waals surface area contributed by atoms with Crippen molar-refractivity contribution in [2.75, 3.05) is 19.6 Å². The van der Waals surface area contributed by atoms with E-state index in [4.69, 9.17) is 0 Å². The van der Waals surface area contributed by atoms with Crippen molar-refractivity contribution in [3.63, 3.8) is 0 Å². The minimum absolute atomic E-state index is 0.395. The van der Waals surface area contributed by atoms with Gasteiger partial charge in [-0.05, 0) is 31.0 Å². The molecule has 1 aliphatic heterocycles. The number of sulfonamides is 1. The molecule has 0 aliphatic carbocycles. The predicted octanol–water partition coefficient (Wildman–Crippen LogP) is 1.45. The molecule has 1 aromatic carbocycles. The first-order valence-corrected chi connectivity index (χ1v) is 8.08. The largest absolute Gasteiger partial charge is 0.313 e. The molecule has 0 atom stereocenters. The number of aryl methyl sites for hydroxylation is 1. The van der Waals surface area contributed by atoms with Gasteiger partial charge in [0.15, 0.2) is 0 Å². The van der Waals surface area contributed by atoms with Crippen molar-refractivity contribution in [2.45, 2.75) is 24.7 Å². The number of hydrogen-bond donors (Lipinski definition) is 2. The smallest absolute Gasteiger partial charge is 0.241 e. The second-order valence-electron chi connectivity index (χ2n) is 4.60. The highest BCUT2D eigenvalue weighted by molar-refractivity contribution is 7.89. The van der Waals surface area contributed by atoms with E-state index in [9.17, 15) is 8.42 Å². The van der Waals surface area contributed by atoms with Gasteiger partial charge in [-0.25, -0.2) is 13.1 Å². The van der Waals surface area contributed by atoms with Gasteiger partial charge in [-0.15, -0.1) is 0 Å². The second kappa shape index (κ2) is 6.32. The third-order valence-electron chi connectivity index (χ3n) is 3.29. The van der Waals surface area contributed by atoms with Gasteiger partial charge in [0.25, 0.3) is 0 Å². The van der Waals surface area contributed by atoms with Crippen molar-refractivity contribution in [1.29, 1.82) is 0 Å². The Bertz CT molecular complexity index is 565.